The second-order valence-electron chi connectivity index (χ2n) is 5.34. The van der Waals surface area contributed by atoms with Crippen molar-refractivity contribution in [1.82, 2.24) is 4.90 Å². The molecule has 0 aromatic heterocycles. The Morgan fingerprint density at radius 3 is 2.83 bits per heavy atom. The lowest BCUT2D eigenvalue weighted by Gasteiger charge is -2.43. The number of nitrogens with two attached hydrogens (primary N) is 1. The van der Waals surface area contributed by atoms with Crippen LogP contribution >= 0.6 is 0 Å². The predicted octanol–water partition coefficient (Wildman–Crippen LogP) is 2.10. The maximum absolute atomic E-state index is 5.88. The highest BCUT2D eigenvalue weighted by Gasteiger charge is 2.33. The lowest BCUT2D eigenvalue weighted by Crippen LogP contribution is -2.50. The largest absolute Gasteiger partial charge is 0.374 e. The van der Waals surface area contributed by atoms with Gasteiger partial charge in [0.25, 0.3) is 0 Å². The molecule has 0 bridgehead atoms. The molecule has 0 radical (unpaired) electrons. The van der Waals surface area contributed by atoms with Crippen LogP contribution in [0, 0.1) is 6.92 Å². The predicted molar refractivity (Wildman–Crippen MR) is 74.6 cm³/mol. The first kappa shape index (κ1) is 13.5. The molecule has 0 saturated carbocycles. The fourth-order valence-electron chi connectivity index (χ4n) is 2.79. The average Bonchev–Trinajstić information content (AvgIpc) is 2.37. The van der Waals surface area contributed by atoms with Gasteiger partial charge >= 0.3 is 0 Å². The molecule has 100 valence electrons. The van der Waals surface area contributed by atoms with E-state index < -0.39 is 0 Å². The fraction of sp³-hybridized carbons (Fsp3) is 0.600. The van der Waals surface area contributed by atoms with Crippen molar-refractivity contribution in [3.8, 4) is 0 Å². The number of benzene rings is 1. The van der Waals surface area contributed by atoms with Crippen LogP contribution in [0.5, 0.6) is 0 Å². The van der Waals surface area contributed by atoms with Crippen molar-refractivity contribution in [2.24, 2.45) is 5.73 Å². The van der Waals surface area contributed by atoms with Gasteiger partial charge in [-0.3, -0.25) is 4.90 Å². The van der Waals surface area contributed by atoms with Crippen LogP contribution in [0.15, 0.2) is 24.3 Å². The molecule has 0 amide bonds. The highest BCUT2D eigenvalue weighted by Crippen LogP contribution is 2.31. The van der Waals surface area contributed by atoms with Gasteiger partial charge in [-0.05, 0) is 26.3 Å². The van der Waals surface area contributed by atoms with Gasteiger partial charge in [-0.1, -0.05) is 29.8 Å². The van der Waals surface area contributed by atoms with Gasteiger partial charge in [0.2, 0.25) is 0 Å². The zero-order chi connectivity index (χ0) is 13.1. The van der Waals surface area contributed by atoms with E-state index in [-0.39, 0.29) is 12.1 Å². The molecule has 18 heavy (non-hydrogen) atoms. The van der Waals surface area contributed by atoms with Gasteiger partial charge in [-0.15, -0.1) is 0 Å². The minimum Gasteiger partial charge on any atom is -0.374 e. The molecule has 2 N–H and O–H groups in total. The van der Waals surface area contributed by atoms with Crippen molar-refractivity contribution in [3.05, 3.63) is 35.4 Å². The first-order valence-corrected chi connectivity index (χ1v) is 6.77. The zero-order valence-electron chi connectivity index (χ0n) is 11.6. The van der Waals surface area contributed by atoms with Crippen molar-refractivity contribution in [2.45, 2.75) is 39.0 Å². The third kappa shape index (κ3) is 2.74. The van der Waals surface area contributed by atoms with Gasteiger partial charge in [0.15, 0.2) is 0 Å². The molecule has 0 spiro atoms. The molecule has 1 aromatic carbocycles. The molecular formula is C15H24N2O. The number of hydrogen-bond donors (Lipinski definition) is 1. The third-order valence-corrected chi connectivity index (χ3v) is 3.67. The summed E-state index contributed by atoms with van der Waals surface area (Å²) in [4.78, 5) is 2.50. The van der Waals surface area contributed by atoms with E-state index in [4.69, 9.17) is 10.5 Å². The Balaban J connectivity index is 2.33. The van der Waals surface area contributed by atoms with E-state index in [9.17, 15) is 0 Å². The van der Waals surface area contributed by atoms with Crippen molar-refractivity contribution in [3.63, 3.8) is 0 Å². The highest BCUT2D eigenvalue weighted by atomic mass is 16.5. The molecule has 1 aromatic rings. The fourth-order valence-corrected chi connectivity index (χ4v) is 2.79. The molecule has 1 fully saturated rings. The minimum atomic E-state index is 0.1000. The molecule has 1 heterocycles. The number of ether oxygens (including phenoxy) is 1. The van der Waals surface area contributed by atoms with Gasteiger partial charge in [0.05, 0.1) is 18.8 Å². The molecule has 3 heteroatoms. The van der Waals surface area contributed by atoms with Crippen LogP contribution in [-0.2, 0) is 4.74 Å². The molecular weight excluding hydrogens is 224 g/mol. The van der Waals surface area contributed by atoms with E-state index in [1.807, 2.05) is 0 Å². The summed E-state index contributed by atoms with van der Waals surface area (Å²) in [7, 11) is 0. The summed E-state index contributed by atoms with van der Waals surface area (Å²) in [5.41, 5.74) is 8.49. The highest BCUT2D eigenvalue weighted by molar-refractivity contribution is 5.26. The maximum Gasteiger partial charge on any atom is 0.0894 e. The van der Waals surface area contributed by atoms with E-state index in [0.717, 1.165) is 13.2 Å². The van der Waals surface area contributed by atoms with E-state index in [2.05, 4.69) is 49.9 Å². The number of aryl methyl sites for hydroxylation is 1. The quantitative estimate of drug-likeness (QED) is 0.890. The van der Waals surface area contributed by atoms with Crippen LogP contribution in [-0.4, -0.2) is 36.7 Å². The number of hydrogen-bond acceptors (Lipinski definition) is 3. The number of rotatable bonds is 3. The van der Waals surface area contributed by atoms with Crippen LogP contribution < -0.4 is 5.73 Å². The monoisotopic (exact) mass is 248 g/mol. The topological polar surface area (TPSA) is 38.5 Å². The Morgan fingerprint density at radius 2 is 2.22 bits per heavy atom. The van der Waals surface area contributed by atoms with Crippen LogP contribution in [0.25, 0.3) is 0 Å². The lowest BCUT2D eigenvalue weighted by molar-refractivity contribution is -0.0789. The zero-order valence-corrected chi connectivity index (χ0v) is 11.6. The summed E-state index contributed by atoms with van der Waals surface area (Å²) >= 11 is 0. The Bertz CT molecular complexity index is 392. The normalized spacial score (nSPS) is 25.6. The van der Waals surface area contributed by atoms with Crippen molar-refractivity contribution in [1.29, 1.82) is 0 Å². The average molecular weight is 248 g/mol. The second-order valence-corrected chi connectivity index (χ2v) is 5.34. The summed E-state index contributed by atoms with van der Waals surface area (Å²) < 4.78 is 5.85. The first-order valence-electron chi connectivity index (χ1n) is 6.77. The molecule has 1 saturated heterocycles. The van der Waals surface area contributed by atoms with E-state index in [0.29, 0.717) is 12.6 Å². The van der Waals surface area contributed by atoms with E-state index in [1.165, 1.54) is 11.1 Å². The summed E-state index contributed by atoms with van der Waals surface area (Å²) in [5.74, 6) is 0. The lowest BCUT2D eigenvalue weighted by atomic mass is 9.95. The smallest absolute Gasteiger partial charge is 0.0894 e. The van der Waals surface area contributed by atoms with Crippen molar-refractivity contribution < 1.29 is 4.74 Å². The Labute approximate surface area is 110 Å². The third-order valence-electron chi connectivity index (χ3n) is 3.67. The first-order chi connectivity index (χ1) is 8.63. The Hall–Kier alpha value is -0.900. The van der Waals surface area contributed by atoms with Crippen LogP contribution in [0.3, 0.4) is 0 Å². The molecule has 1 aliphatic rings. The summed E-state index contributed by atoms with van der Waals surface area (Å²) in [6.45, 7) is 8.94. The maximum atomic E-state index is 5.88. The Kier molecular flexibility index (Phi) is 4.38. The Morgan fingerprint density at radius 1 is 1.44 bits per heavy atom. The van der Waals surface area contributed by atoms with Gasteiger partial charge in [-0.2, -0.15) is 0 Å². The molecule has 1 aliphatic heterocycles. The number of nitrogens with zero attached hydrogens (tertiary/aromatic N) is 1. The minimum absolute atomic E-state index is 0.1000. The van der Waals surface area contributed by atoms with E-state index in [1.54, 1.807) is 0 Å². The SMILES string of the molecule is Cc1cccc(C2C(CN)OCCN2C(C)C)c1. The summed E-state index contributed by atoms with van der Waals surface area (Å²) in [5, 5.41) is 0. The van der Waals surface area contributed by atoms with Gasteiger partial charge in [0.1, 0.15) is 0 Å². The molecule has 3 nitrogen and oxygen atoms in total. The summed E-state index contributed by atoms with van der Waals surface area (Å²) in [6, 6.07) is 9.47. The second kappa shape index (κ2) is 5.83. The van der Waals surface area contributed by atoms with E-state index >= 15 is 0 Å². The standard InChI is InChI=1S/C15H24N2O/c1-11(2)17-7-8-18-14(10-16)15(17)13-6-4-5-12(3)9-13/h4-6,9,11,14-15H,7-8,10,16H2,1-3H3. The van der Waals surface area contributed by atoms with Crippen LogP contribution in [0.2, 0.25) is 0 Å². The van der Waals surface area contributed by atoms with Gasteiger partial charge in [-0.25, -0.2) is 0 Å². The summed E-state index contributed by atoms with van der Waals surface area (Å²) in [6.07, 6.45) is 0.1000. The van der Waals surface area contributed by atoms with Crippen LogP contribution in [0.4, 0.5) is 0 Å². The number of morpholine rings is 1. The molecule has 2 rings (SSSR count). The van der Waals surface area contributed by atoms with Gasteiger partial charge in [0, 0.05) is 19.1 Å². The van der Waals surface area contributed by atoms with Crippen molar-refractivity contribution in [2.75, 3.05) is 19.7 Å². The molecule has 2 unspecified atom stereocenters. The molecule has 0 aliphatic carbocycles. The van der Waals surface area contributed by atoms with Crippen molar-refractivity contribution >= 4 is 0 Å². The van der Waals surface area contributed by atoms with Crippen LogP contribution in [0.1, 0.15) is 31.0 Å². The van der Waals surface area contributed by atoms with Gasteiger partial charge < -0.3 is 10.5 Å². The molecule has 2 atom stereocenters.